The Labute approximate surface area is 131 Å². The Kier molecular flexibility index (Phi) is 3.62. The molecule has 0 spiro atoms. The molecule has 7 nitrogen and oxygen atoms in total. The molecule has 0 bridgehead atoms. The summed E-state index contributed by atoms with van der Waals surface area (Å²) in [5.41, 5.74) is 6.38. The van der Waals surface area contributed by atoms with Crippen LogP contribution in [-0.2, 0) is 6.54 Å². The topological polar surface area (TPSA) is 95.7 Å². The van der Waals surface area contributed by atoms with Crippen LogP contribution in [0.25, 0.3) is 4.96 Å². The third-order valence-corrected chi connectivity index (χ3v) is 4.01. The summed E-state index contributed by atoms with van der Waals surface area (Å²) in [6.45, 7) is 0.253. The first kappa shape index (κ1) is 14.0. The van der Waals surface area contributed by atoms with E-state index in [1.807, 2.05) is 16.0 Å². The zero-order valence-corrected chi connectivity index (χ0v) is 12.9. The van der Waals surface area contributed by atoms with E-state index in [1.54, 1.807) is 6.07 Å². The Morgan fingerprint density at radius 2 is 2.29 bits per heavy atom. The molecule has 3 rings (SSSR count). The second kappa shape index (κ2) is 5.43. The number of imidazole rings is 1. The van der Waals surface area contributed by atoms with Crippen molar-refractivity contribution in [1.29, 1.82) is 0 Å². The van der Waals surface area contributed by atoms with Crippen LogP contribution < -0.4 is 10.5 Å². The molecule has 0 amide bonds. The van der Waals surface area contributed by atoms with Gasteiger partial charge in [0, 0.05) is 28.7 Å². The molecule has 9 heteroatoms. The summed E-state index contributed by atoms with van der Waals surface area (Å²) in [6, 6.07) is 4.39. The second-order valence-corrected chi connectivity index (χ2v) is 5.92. The first-order chi connectivity index (χ1) is 10.1. The van der Waals surface area contributed by atoms with Gasteiger partial charge >= 0.3 is 0 Å². The number of nitrogens with zero attached hydrogens (tertiary/aromatic N) is 3. The largest absolute Gasteiger partial charge is 0.437 e. The predicted molar refractivity (Wildman–Crippen MR) is 81.8 cm³/mol. The fraction of sp³-hybridized carbons (Fsp3) is 0.0833. The molecule has 0 radical (unpaired) electrons. The second-order valence-electron chi connectivity index (χ2n) is 4.13. The molecular formula is C12H9BrN4O3S. The highest BCUT2D eigenvalue weighted by atomic mass is 79.9. The first-order valence-corrected chi connectivity index (χ1v) is 7.53. The van der Waals surface area contributed by atoms with Crippen molar-refractivity contribution in [2.24, 2.45) is 5.73 Å². The number of nitro benzene ring substituents is 1. The summed E-state index contributed by atoms with van der Waals surface area (Å²) in [5, 5.41) is 12.8. The van der Waals surface area contributed by atoms with Gasteiger partial charge in [0.1, 0.15) is 11.4 Å². The van der Waals surface area contributed by atoms with Gasteiger partial charge in [-0.1, -0.05) is 15.9 Å². The summed E-state index contributed by atoms with van der Waals surface area (Å²) in [5.74, 6) is 0.688. The number of aromatic nitrogens is 2. The van der Waals surface area contributed by atoms with Crippen molar-refractivity contribution in [3.8, 4) is 11.6 Å². The summed E-state index contributed by atoms with van der Waals surface area (Å²) >= 11 is 4.68. The molecule has 0 aliphatic carbocycles. The molecule has 21 heavy (non-hydrogen) atoms. The van der Waals surface area contributed by atoms with Gasteiger partial charge < -0.3 is 10.5 Å². The summed E-state index contributed by atoms with van der Waals surface area (Å²) in [4.78, 5) is 15.5. The molecule has 0 fully saturated rings. The molecule has 2 N–H and O–H groups in total. The number of hydrogen-bond donors (Lipinski definition) is 1. The maximum Gasteiger partial charge on any atom is 0.274 e. The number of thiazole rings is 1. The minimum Gasteiger partial charge on any atom is -0.437 e. The van der Waals surface area contributed by atoms with Crippen LogP contribution in [0.5, 0.6) is 11.6 Å². The highest BCUT2D eigenvalue weighted by Gasteiger charge is 2.16. The minimum absolute atomic E-state index is 0.0605. The van der Waals surface area contributed by atoms with Crippen molar-refractivity contribution in [2.45, 2.75) is 6.54 Å². The van der Waals surface area contributed by atoms with E-state index < -0.39 is 4.92 Å². The third-order valence-electron chi connectivity index (χ3n) is 2.80. The van der Waals surface area contributed by atoms with Gasteiger partial charge in [-0.15, -0.1) is 11.3 Å². The predicted octanol–water partition coefficient (Wildman–Crippen LogP) is 3.32. The number of rotatable bonds is 4. The van der Waals surface area contributed by atoms with Crippen LogP contribution in [0.2, 0.25) is 0 Å². The Balaban J connectivity index is 2.02. The van der Waals surface area contributed by atoms with Crippen molar-refractivity contribution >= 4 is 37.9 Å². The number of hydrogen-bond acceptors (Lipinski definition) is 6. The lowest BCUT2D eigenvalue weighted by Gasteiger charge is -2.05. The number of ether oxygens (including phenoxy) is 1. The SMILES string of the molecule is NCc1c(Oc2cc(Br)cc([N+](=O)[O-])c2)nc2sccn12. The molecule has 0 aliphatic rings. The molecule has 0 atom stereocenters. The van der Waals surface area contributed by atoms with Gasteiger partial charge in [-0.2, -0.15) is 4.98 Å². The Hall–Kier alpha value is -1.97. The molecular weight excluding hydrogens is 360 g/mol. The molecule has 3 aromatic rings. The number of benzene rings is 1. The van der Waals surface area contributed by atoms with Gasteiger partial charge in [0.25, 0.3) is 5.69 Å². The van der Waals surface area contributed by atoms with Crippen molar-refractivity contribution in [1.82, 2.24) is 9.38 Å². The van der Waals surface area contributed by atoms with E-state index in [9.17, 15) is 10.1 Å². The number of nitro groups is 1. The van der Waals surface area contributed by atoms with Crippen LogP contribution in [0.15, 0.2) is 34.2 Å². The number of non-ortho nitro benzene ring substituents is 1. The van der Waals surface area contributed by atoms with E-state index in [2.05, 4.69) is 20.9 Å². The van der Waals surface area contributed by atoms with Crippen LogP contribution in [0.4, 0.5) is 5.69 Å². The van der Waals surface area contributed by atoms with Crippen LogP contribution in [0.1, 0.15) is 5.69 Å². The average Bonchev–Trinajstić information content (AvgIpc) is 2.98. The minimum atomic E-state index is -0.479. The van der Waals surface area contributed by atoms with Crippen LogP contribution in [0, 0.1) is 10.1 Å². The van der Waals surface area contributed by atoms with Gasteiger partial charge in [-0.3, -0.25) is 14.5 Å². The molecule has 2 aromatic heterocycles. The Morgan fingerprint density at radius 1 is 1.48 bits per heavy atom. The normalized spacial score (nSPS) is 11.0. The van der Waals surface area contributed by atoms with Crippen molar-refractivity contribution < 1.29 is 9.66 Å². The van der Waals surface area contributed by atoms with Gasteiger partial charge in [0.2, 0.25) is 5.88 Å². The number of nitrogens with two attached hydrogens (primary N) is 1. The lowest BCUT2D eigenvalue weighted by Crippen LogP contribution is -2.01. The van der Waals surface area contributed by atoms with E-state index in [1.165, 1.54) is 23.5 Å². The molecule has 0 saturated carbocycles. The van der Waals surface area contributed by atoms with E-state index in [4.69, 9.17) is 10.5 Å². The van der Waals surface area contributed by atoms with Crippen molar-refractivity contribution in [3.05, 3.63) is 50.1 Å². The smallest absolute Gasteiger partial charge is 0.274 e. The maximum atomic E-state index is 10.9. The van der Waals surface area contributed by atoms with Crippen LogP contribution in [0.3, 0.4) is 0 Å². The number of fused-ring (bicyclic) bond motifs is 1. The monoisotopic (exact) mass is 368 g/mol. The van der Waals surface area contributed by atoms with Gasteiger partial charge in [0.15, 0.2) is 4.96 Å². The Bertz CT molecular complexity index is 829. The van der Waals surface area contributed by atoms with E-state index in [0.717, 1.165) is 4.96 Å². The quantitative estimate of drug-likeness (QED) is 0.562. The fourth-order valence-corrected chi connectivity index (χ4v) is 3.09. The fourth-order valence-electron chi connectivity index (χ4n) is 1.90. The van der Waals surface area contributed by atoms with Gasteiger partial charge in [-0.25, -0.2) is 0 Å². The van der Waals surface area contributed by atoms with E-state index >= 15 is 0 Å². The van der Waals surface area contributed by atoms with Crippen LogP contribution >= 0.6 is 27.3 Å². The lowest BCUT2D eigenvalue weighted by molar-refractivity contribution is -0.385. The van der Waals surface area contributed by atoms with E-state index in [0.29, 0.717) is 21.8 Å². The maximum absolute atomic E-state index is 10.9. The van der Waals surface area contributed by atoms with Gasteiger partial charge in [0.05, 0.1) is 11.0 Å². The Morgan fingerprint density at radius 3 is 3.00 bits per heavy atom. The van der Waals surface area contributed by atoms with E-state index in [-0.39, 0.29) is 12.2 Å². The molecule has 2 heterocycles. The lowest BCUT2D eigenvalue weighted by atomic mass is 10.3. The molecule has 1 aromatic carbocycles. The molecule has 108 valence electrons. The molecule has 0 saturated heterocycles. The van der Waals surface area contributed by atoms with Crippen molar-refractivity contribution in [3.63, 3.8) is 0 Å². The summed E-state index contributed by atoms with van der Waals surface area (Å²) in [6.07, 6.45) is 1.85. The first-order valence-electron chi connectivity index (χ1n) is 5.86. The summed E-state index contributed by atoms with van der Waals surface area (Å²) < 4.78 is 8.07. The van der Waals surface area contributed by atoms with Crippen molar-refractivity contribution in [2.75, 3.05) is 0 Å². The van der Waals surface area contributed by atoms with Gasteiger partial charge in [-0.05, 0) is 6.07 Å². The average molecular weight is 369 g/mol. The zero-order chi connectivity index (χ0) is 15.0. The third kappa shape index (κ3) is 2.62. The van der Waals surface area contributed by atoms with Crippen LogP contribution in [-0.4, -0.2) is 14.3 Å². The standard InChI is InChI=1S/C12H9BrN4O3S/c13-7-3-8(17(18)19)5-9(4-7)20-11-10(6-14)16-1-2-21-12(16)15-11/h1-5H,6,14H2. The molecule has 0 unspecified atom stereocenters. The zero-order valence-electron chi connectivity index (χ0n) is 10.5. The molecule has 0 aliphatic heterocycles. The highest BCUT2D eigenvalue weighted by Crippen LogP contribution is 2.32. The highest BCUT2D eigenvalue weighted by molar-refractivity contribution is 9.10. The summed E-state index contributed by atoms with van der Waals surface area (Å²) in [7, 11) is 0. The number of halogens is 1.